The Kier molecular flexibility index (Phi) is 5.66. The van der Waals surface area contributed by atoms with E-state index in [1.165, 1.54) is 0 Å². The van der Waals surface area contributed by atoms with E-state index in [4.69, 9.17) is 16.3 Å². The highest BCUT2D eigenvalue weighted by Crippen LogP contribution is 2.32. The molecule has 0 aliphatic heterocycles. The Bertz CT molecular complexity index is 691. The predicted octanol–water partition coefficient (Wildman–Crippen LogP) is 4.71. The molecule has 0 saturated heterocycles. The third-order valence-corrected chi connectivity index (χ3v) is 3.99. The first kappa shape index (κ1) is 17.3. The van der Waals surface area contributed by atoms with Crippen molar-refractivity contribution in [3.05, 3.63) is 34.5 Å². The van der Waals surface area contributed by atoms with Crippen LogP contribution in [0.5, 0.6) is 5.75 Å². The van der Waals surface area contributed by atoms with Crippen molar-refractivity contribution in [1.82, 2.24) is 9.97 Å². The number of aryl methyl sites for hydroxylation is 2. The van der Waals surface area contributed by atoms with E-state index in [1.54, 1.807) is 13.2 Å². The highest BCUT2D eigenvalue weighted by atomic mass is 35.5. The van der Waals surface area contributed by atoms with Crippen LogP contribution in [0.3, 0.4) is 0 Å². The second-order valence-electron chi connectivity index (χ2n) is 5.60. The molecule has 0 aliphatic carbocycles. The fraction of sp³-hybridized carbons (Fsp3) is 0.412. The van der Waals surface area contributed by atoms with Gasteiger partial charge < -0.3 is 15.4 Å². The normalized spacial score (nSPS) is 11.9. The monoisotopic (exact) mass is 334 g/mol. The summed E-state index contributed by atoms with van der Waals surface area (Å²) in [6.07, 6.45) is 1.00. The van der Waals surface area contributed by atoms with E-state index >= 15 is 0 Å². The third kappa shape index (κ3) is 4.48. The molecule has 2 aromatic rings. The molecule has 23 heavy (non-hydrogen) atoms. The summed E-state index contributed by atoms with van der Waals surface area (Å²) in [5.41, 5.74) is 2.68. The van der Waals surface area contributed by atoms with Crippen molar-refractivity contribution in [3.8, 4) is 5.75 Å². The van der Waals surface area contributed by atoms with Crippen LogP contribution in [0.4, 0.5) is 17.5 Å². The van der Waals surface area contributed by atoms with E-state index in [0.29, 0.717) is 28.6 Å². The predicted molar refractivity (Wildman–Crippen MR) is 96.2 cm³/mol. The number of aromatic nitrogens is 2. The molecule has 0 fully saturated rings. The zero-order chi connectivity index (χ0) is 17.0. The van der Waals surface area contributed by atoms with Crippen molar-refractivity contribution >= 4 is 29.1 Å². The largest absolute Gasteiger partial charge is 0.495 e. The first-order valence-electron chi connectivity index (χ1n) is 7.66. The highest BCUT2D eigenvalue weighted by Gasteiger charge is 2.10. The van der Waals surface area contributed by atoms with Crippen molar-refractivity contribution < 1.29 is 4.74 Å². The number of methoxy groups -OCH3 is 1. The molecule has 0 spiro atoms. The van der Waals surface area contributed by atoms with Crippen molar-refractivity contribution in [2.45, 2.75) is 40.2 Å². The molecular formula is C17H23ClN4O. The molecule has 124 valence electrons. The molecule has 0 saturated carbocycles. The van der Waals surface area contributed by atoms with E-state index in [9.17, 15) is 0 Å². The van der Waals surface area contributed by atoms with Crippen LogP contribution in [-0.2, 0) is 0 Å². The van der Waals surface area contributed by atoms with Crippen LogP contribution >= 0.6 is 11.6 Å². The zero-order valence-electron chi connectivity index (χ0n) is 14.2. The van der Waals surface area contributed by atoms with Crippen molar-refractivity contribution in [3.63, 3.8) is 0 Å². The molecule has 0 radical (unpaired) electrons. The molecule has 1 unspecified atom stereocenters. The maximum Gasteiger partial charge on any atom is 0.225 e. The Balaban J connectivity index is 2.31. The lowest BCUT2D eigenvalue weighted by molar-refractivity contribution is 0.416. The van der Waals surface area contributed by atoms with Crippen LogP contribution in [0.15, 0.2) is 18.2 Å². The smallest absolute Gasteiger partial charge is 0.225 e. The summed E-state index contributed by atoms with van der Waals surface area (Å²) in [5.74, 6) is 2.00. The van der Waals surface area contributed by atoms with Gasteiger partial charge in [-0.1, -0.05) is 18.5 Å². The first-order chi connectivity index (χ1) is 10.9. The maximum atomic E-state index is 6.15. The Morgan fingerprint density at radius 2 is 1.96 bits per heavy atom. The summed E-state index contributed by atoms with van der Waals surface area (Å²) in [6.45, 7) is 8.12. The van der Waals surface area contributed by atoms with Crippen LogP contribution in [0.25, 0.3) is 0 Å². The molecule has 2 N–H and O–H groups in total. The van der Waals surface area contributed by atoms with E-state index < -0.39 is 0 Å². The van der Waals surface area contributed by atoms with Crippen molar-refractivity contribution in [2.24, 2.45) is 0 Å². The van der Waals surface area contributed by atoms with Gasteiger partial charge in [0.05, 0.1) is 12.8 Å². The molecule has 0 bridgehead atoms. The van der Waals surface area contributed by atoms with Gasteiger partial charge in [-0.05, 0) is 38.8 Å². The minimum atomic E-state index is 0.317. The lowest BCUT2D eigenvalue weighted by Crippen LogP contribution is -2.16. The van der Waals surface area contributed by atoms with Gasteiger partial charge in [-0.2, -0.15) is 4.98 Å². The average Bonchev–Trinajstić information content (AvgIpc) is 2.50. The fourth-order valence-corrected chi connectivity index (χ4v) is 2.24. The number of anilines is 3. The van der Waals surface area contributed by atoms with Crippen LogP contribution in [0.2, 0.25) is 5.02 Å². The minimum absolute atomic E-state index is 0.317. The Morgan fingerprint density at radius 3 is 2.61 bits per heavy atom. The number of nitrogens with zero attached hydrogens (tertiary/aromatic N) is 2. The van der Waals surface area contributed by atoms with E-state index in [0.717, 1.165) is 23.4 Å². The molecule has 0 amide bonds. The summed E-state index contributed by atoms with van der Waals surface area (Å²) in [6, 6.07) is 5.95. The number of ether oxygens (including phenoxy) is 1. The lowest BCUT2D eigenvalue weighted by Gasteiger charge is -2.15. The van der Waals surface area contributed by atoms with Crippen molar-refractivity contribution in [2.75, 3.05) is 17.7 Å². The number of hydrogen-bond acceptors (Lipinski definition) is 5. The third-order valence-electron chi connectivity index (χ3n) is 3.59. The molecule has 1 aromatic heterocycles. The summed E-state index contributed by atoms with van der Waals surface area (Å²) in [5, 5.41) is 7.25. The van der Waals surface area contributed by atoms with Gasteiger partial charge >= 0.3 is 0 Å². The molecule has 1 atom stereocenters. The van der Waals surface area contributed by atoms with Gasteiger partial charge in [0.25, 0.3) is 0 Å². The average molecular weight is 335 g/mol. The fourth-order valence-electron chi connectivity index (χ4n) is 2.09. The molecule has 1 aromatic carbocycles. The molecule has 2 rings (SSSR count). The number of benzene rings is 1. The van der Waals surface area contributed by atoms with Gasteiger partial charge in [0, 0.05) is 28.9 Å². The van der Waals surface area contributed by atoms with E-state index in [-0.39, 0.29) is 0 Å². The first-order valence-corrected chi connectivity index (χ1v) is 8.04. The molecule has 0 aliphatic rings. The molecule has 5 nitrogen and oxygen atoms in total. The van der Waals surface area contributed by atoms with E-state index in [2.05, 4.69) is 34.4 Å². The van der Waals surface area contributed by atoms with Crippen LogP contribution in [0.1, 0.15) is 31.5 Å². The Labute approximate surface area is 142 Å². The van der Waals surface area contributed by atoms with E-state index in [1.807, 2.05) is 26.0 Å². The van der Waals surface area contributed by atoms with Gasteiger partial charge in [0.1, 0.15) is 11.6 Å². The second kappa shape index (κ2) is 7.51. The highest BCUT2D eigenvalue weighted by molar-refractivity contribution is 6.31. The summed E-state index contributed by atoms with van der Waals surface area (Å²) >= 11 is 6.15. The summed E-state index contributed by atoms with van der Waals surface area (Å²) < 4.78 is 5.39. The Morgan fingerprint density at radius 1 is 1.22 bits per heavy atom. The van der Waals surface area contributed by atoms with Gasteiger partial charge in [-0.25, -0.2) is 4.98 Å². The number of nitrogens with one attached hydrogen (secondary N) is 2. The van der Waals surface area contributed by atoms with Crippen LogP contribution < -0.4 is 15.4 Å². The van der Waals surface area contributed by atoms with Crippen LogP contribution in [-0.4, -0.2) is 23.1 Å². The van der Waals surface area contributed by atoms with Gasteiger partial charge in [0.15, 0.2) is 0 Å². The maximum absolute atomic E-state index is 6.15. The zero-order valence-corrected chi connectivity index (χ0v) is 15.0. The summed E-state index contributed by atoms with van der Waals surface area (Å²) in [7, 11) is 1.62. The molecule has 6 heteroatoms. The van der Waals surface area contributed by atoms with Crippen molar-refractivity contribution in [1.29, 1.82) is 0 Å². The summed E-state index contributed by atoms with van der Waals surface area (Å²) in [4.78, 5) is 8.95. The number of halogens is 1. The number of hydrogen-bond donors (Lipinski definition) is 2. The molecular weight excluding hydrogens is 312 g/mol. The number of rotatable bonds is 6. The minimum Gasteiger partial charge on any atom is -0.495 e. The standard InChI is InChI=1S/C17H23ClN4O/c1-6-11(3)19-17-20-12(4)8-16(22-17)21-14-7-10(2)13(18)9-15(14)23-5/h7-9,11H,6H2,1-5H3,(H2,19,20,21,22). The topological polar surface area (TPSA) is 59.1 Å². The van der Waals surface area contributed by atoms with Crippen LogP contribution in [0, 0.1) is 13.8 Å². The van der Waals surface area contributed by atoms with Gasteiger partial charge in [-0.15, -0.1) is 0 Å². The quantitative estimate of drug-likeness (QED) is 0.801. The molecule has 1 heterocycles. The van der Waals surface area contributed by atoms with Gasteiger partial charge in [-0.3, -0.25) is 0 Å². The van der Waals surface area contributed by atoms with Gasteiger partial charge in [0.2, 0.25) is 5.95 Å². The lowest BCUT2D eigenvalue weighted by atomic mass is 10.2. The SMILES string of the molecule is CCC(C)Nc1nc(C)cc(Nc2cc(C)c(Cl)cc2OC)n1. The second-order valence-corrected chi connectivity index (χ2v) is 6.01. The Hall–Kier alpha value is -2.01.